The van der Waals surface area contributed by atoms with Crippen LogP contribution >= 0.6 is 0 Å². The van der Waals surface area contributed by atoms with Crippen LogP contribution in [0.25, 0.3) is 0 Å². The minimum Gasteiger partial charge on any atom is -0.467 e. The van der Waals surface area contributed by atoms with Crippen molar-refractivity contribution in [1.29, 1.82) is 0 Å². The summed E-state index contributed by atoms with van der Waals surface area (Å²) in [4.78, 5) is 0. The lowest BCUT2D eigenvalue weighted by atomic mass is 10.1. The fraction of sp³-hybridized carbons (Fsp3) is 0.571. The van der Waals surface area contributed by atoms with Gasteiger partial charge in [-0.1, -0.05) is 6.07 Å². The quantitative estimate of drug-likeness (QED) is 0.723. The molecule has 1 aliphatic heterocycles. The van der Waals surface area contributed by atoms with Gasteiger partial charge in [0.1, 0.15) is 5.75 Å². The molecule has 0 aromatic heterocycles. The summed E-state index contributed by atoms with van der Waals surface area (Å²) in [6, 6.07) is 7.06. The number of aryl methyl sites for hydroxylation is 1. The molecule has 0 fully saturated rings. The predicted octanol–water partition coefficient (Wildman–Crippen LogP) is 2.36. The third kappa shape index (κ3) is 3.59. The maximum Gasteiger partial charge on any atom is 0.500 e. The van der Waals surface area contributed by atoms with Crippen molar-refractivity contribution in [3.63, 3.8) is 0 Å². The van der Waals surface area contributed by atoms with Gasteiger partial charge in [-0.2, -0.15) is 0 Å². The number of hydrogen-bond donors (Lipinski definition) is 0. The van der Waals surface area contributed by atoms with Gasteiger partial charge in [-0.3, -0.25) is 0 Å². The molecule has 20 heavy (non-hydrogen) atoms. The lowest BCUT2D eigenvalue weighted by Gasteiger charge is -2.24. The first kappa shape index (κ1) is 15.5. The van der Waals surface area contributed by atoms with E-state index in [0.29, 0.717) is 13.4 Å². The van der Waals surface area contributed by atoms with Crippen LogP contribution in [0.15, 0.2) is 18.2 Å². The molecule has 0 aliphatic carbocycles. The van der Waals surface area contributed by atoms with Crippen LogP contribution in [0.1, 0.15) is 17.5 Å². The Hall–Kier alpha value is -0.923. The maximum absolute atomic E-state index is 5.42. The van der Waals surface area contributed by atoms with Crippen LogP contribution < -0.4 is 4.74 Å². The summed E-state index contributed by atoms with van der Waals surface area (Å²) in [5.74, 6) is 0.925. The van der Waals surface area contributed by atoms with Gasteiger partial charge < -0.3 is 22.8 Å². The van der Waals surface area contributed by atoms with E-state index in [1.807, 2.05) is 6.07 Å². The summed E-state index contributed by atoms with van der Waals surface area (Å²) in [6.45, 7) is 0.964. The molecular weight excluding hydrogens is 276 g/mol. The van der Waals surface area contributed by atoms with Crippen LogP contribution in [0.2, 0.25) is 6.04 Å². The molecule has 2 rings (SSSR count). The summed E-state index contributed by atoms with van der Waals surface area (Å²) in [6.07, 6.45) is 1.92. The van der Waals surface area contributed by atoms with Crippen molar-refractivity contribution < 1.29 is 22.8 Å². The van der Waals surface area contributed by atoms with Gasteiger partial charge in [0.15, 0.2) is 6.79 Å². The third-order valence-corrected chi connectivity index (χ3v) is 6.39. The highest BCUT2D eigenvalue weighted by atomic mass is 28.4. The topological polar surface area (TPSA) is 46.2 Å². The maximum atomic E-state index is 5.42. The van der Waals surface area contributed by atoms with E-state index in [0.717, 1.165) is 30.2 Å². The minimum atomic E-state index is -2.45. The van der Waals surface area contributed by atoms with Crippen molar-refractivity contribution in [3.8, 4) is 5.75 Å². The standard InChI is InChI=1S/C14H22O5Si/c1-15-20(16-2,17-3)8-4-5-12-6-7-14-13(9-12)10-18-11-19-14/h6-7,9H,4-5,8,10-11H2,1-3H3. The van der Waals surface area contributed by atoms with E-state index in [9.17, 15) is 0 Å². The molecule has 0 saturated carbocycles. The van der Waals surface area contributed by atoms with Crippen LogP contribution in [-0.4, -0.2) is 36.9 Å². The third-order valence-electron chi connectivity index (χ3n) is 3.56. The molecule has 1 aromatic carbocycles. The molecule has 0 spiro atoms. The minimum absolute atomic E-state index is 0.343. The zero-order valence-electron chi connectivity index (χ0n) is 12.3. The smallest absolute Gasteiger partial charge is 0.467 e. The van der Waals surface area contributed by atoms with E-state index < -0.39 is 8.80 Å². The Morgan fingerprint density at radius 2 is 1.90 bits per heavy atom. The van der Waals surface area contributed by atoms with Crippen LogP contribution in [0.4, 0.5) is 0 Å². The first-order chi connectivity index (χ1) is 9.73. The number of ether oxygens (including phenoxy) is 2. The molecule has 112 valence electrons. The van der Waals surface area contributed by atoms with Crippen LogP contribution in [0.3, 0.4) is 0 Å². The summed E-state index contributed by atoms with van der Waals surface area (Å²) >= 11 is 0. The van der Waals surface area contributed by atoms with Crippen molar-refractivity contribution in [2.24, 2.45) is 0 Å². The summed E-state index contributed by atoms with van der Waals surface area (Å²) < 4.78 is 27.0. The molecule has 0 N–H and O–H groups in total. The monoisotopic (exact) mass is 298 g/mol. The summed E-state index contributed by atoms with van der Waals surface area (Å²) in [5, 5.41) is 0. The Morgan fingerprint density at radius 1 is 1.15 bits per heavy atom. The molecular formula is C14H22O5Si. The van der Waals surface area contributed by atoms with E-state index in [2.05, 4.69) is 12.1 Å². The Morgan fingerprint density at radius 3 is 2.60 bits per heavy atom. The number of fused-ring (bicyclic) bond motifs is 1. The fourth-order valence-electron chi connectivity index (χ4n) is 2.36. The molecule has 6 heteroatoms. The van der Waals surface area contributed by atoms with Crippen LogP contribution in [0, 0.1) is 0 Å². The Kier molecular flexibility index (Phi) is 5.56. The van der Waals surface area contributed by atoms with Crippen molar-refractivity contribution >= 4 is 8.80 Å². The van der Waals surface area contributed by atoms with E-state index in [1.54, 1.807) is 21.3 Å². The first-order valence-corrected chi connectivity index (χ1v) is 8.64. The number of benzene rings is 1. The van der Waals surface area contributed by atoms with E-state index in [-0.39, 0.29) is 0 Å². The zero-order chi connectivity index (χ0) is 14.4. The second-order valence-corrected chi connectivity index (χ2v) is 7.79. The molecule has 1 heterocycles. The molecule has 1 aliphatic rings. The highest BCUT2D eigenvalue weighted by Crippen LogP contribution is 2.25. The lowest BCUT2D eigenvalue weighted by Crippen LogP contribution is -2.42. The van der Waals surface area contributed by atoms with Crippen LogP contribution in [0.5, 0.6) is 5.75 Å². The Bertz CT molecular complexity index is 425. The zero-order valence-corrected chi connectivity index (χ0v) is 13.3. The molecule has 1 aromatic rings. The lowest BCUT2D eigenvalue weighted by molar-refractivity contribution is -0.0164. The largest absolute Gasteiger partial charge is 0.500 e. The summed E-state index contributed by atoms with van der Waals surface area (Å²) in [7, 11) is 2.49. The van der Waals surface area contributed by atoms with Crippen molar-refractivity contribution in [3.05, 3.63) is 29.3 Å². The SMILES string of the molecule is CO[Si](CCCc1ccc2c(c1)COCO2)(OC)OC. The molecule has 0 amide bonds. The van der Waals surface area contributed by atoms with E-state index in [1.165, 1.54) is 5.56 Å². The first-order valence-electron chi connectivity index (χ1n) is 6.71. The number of rotatable bonds is 7. The average molecular weight is 298 g/mol. The molecule has 0 atom stereocenters. The average Bonchev–Trinajstić information content (AvgIpc) is 2.52. The second kappa shape index (κ2) is 7.19. The van der Waals surface area contributed by atoms with Crippen LogP contribution in [-0.2, 0) is 31.0 Å². The molecule has 0 radical (unpaired) electrons. The van der Waals surface area contributed by atoms with Gasteiger partial charge in [-0.25, -0.2) is 0 Å². The van der Waals surface area contributed by atoms with Crippen molar-refractivity contribution in [2.75, 3.05) is 28.1 Å². The van der Waals surface area contributed by atoms with Gasteiger partial charge in [-0.05, 0) is 30.5 Å². The second-order valence-electron chi connectivity index (χ2n) is 4.70. The van der Waals surface area contributed by atoms with E-state index in [4.69, 9.17) is 22.8 Å². The molecule has 5 nitrogen and oxygen atoms in total. The molecule has 0 saturated heterocycles. The van der Waals surface area contributed by atoms with Gasteiger partial charge in [0.25, 0.3) is 0 Å². The van der Waals surface area contributed by atoms with Gasteiger partial charge in [0.2, 0.25) is 0 Å². The highest BCUT2D eigenvalue weighted by molar-refractivity contribution is 6.60. The Labute approximate surface area is 121 Å². The Balaban J connectivity index is 1.91. The van der Waals surface area contributed by atoms with Gasteiger partial charge >= 0.3 is 8.80 Å². The summed E-state index contributed by atoms with van der Waals surface area (Å²) in [5.41, 5.74) is 2.38. The highest BCUT2D eigenvalue weighted by Gasteiger charge is 2.36. The van der Waals surface area contributed by atoms with Gasteiger partial charge in [-0.15, -0.1) is 0 Å². The molecule has 0 unspecified atom stereocenters. The normalized spacial score (nSPS) is 14.8. The predicted molar refractivity (Wildman–Crippen MR) is 76.6 cm³/mol. The van der Waals surface area contributed by atoms with Gasteiger partial charge in [0, 0.05) is 32.9 Å². The van der Waals surface area contributed by atoms with Crippen molar-refractivity contribution in [2.45, 2.75) is 25.5 Å². The van der Waals surface area contributed by atoms with Crippen molar-refractivity contribution in [1.82, 2.24) is 0 Å². The fourth-order valence-corrected chi connectivity index (χ4v) is 4.09. The van der Waals surface area contributed by atoms with Gasteiger partial charge in [0.05, 0.1) is 6.61 Å². The molecule has 0 bridgehead atoms. The number of hydrogen-bond acceptors (Lipinski definition) is 5. The van der Waals surface area contributed by atoms with E-state index >= 15 is 0 Å².